The van der Waals surface area contributed by atoms with Crippen LogP contribution in [0.1, 0.15) is 75.6 Å². The zero-order chi connectivity index (χ0) is 63.0. The minimum atomic E-state index is -1.68. The minimum Gasteiger partial charge on any atom is -0.481 e. The Balaban J connectivity index is 1.42. The molecule has 10 amide bonds. The Morgan fingerprint density at radius 2 is 1.34 bits per heavy atom. The maximum atomic E-state index is 15.0. The lowest BCUT2D eigenvalue weighted by molar-refractivity contribution is -0.138. The normalized spacial score (nSPS) is 21.1. The third kappa shape index (κ3) is 21.4. The largest absolute Gasteiger partial charge is 0.481 e. The van der Waals surface area contributed by atoms with Crippen LogP contribution in [0.5, 0.6) is 0 Å². The monoisotopic (exact) mass is 1240 g/mol. The third-order valence-electron chi connectivity index (χ3n) is 13.9. The number of H-pyrrole nitrogens is 2. The first-order chi connectivity index (χ1) is 41.7. The van der Waals surface area contributed by atoms with Crippen molar-refractivity contribution in [2.75, 3.05) is 24.6 Å². The standard InChI is InChI=1S/C57H74N16O12S2/c1-3-4-13-39(66-31(2)74)51(80)73-46-29-87-86-28-45(49(58)78)67-47(75)27-64-50(79)43(23-35-25-63-38-14-8-7-12-37(35)38)71-52(81)40(15-9-20-62-57(59)60)68-54(83)42(22-32-16-17-33-10-5-6-11-34(33)21-32)70-55(84)44(24-36-26-61-30-65-36)72-53(82)41(69-56(46)85)18-19-48(76)77/h5-8,10-12,14,16-17,21,25-26,30,39-46,63H,3-4,9,13,15,18-20,22-24,27-29H2,1-2H3,(H2,58,78)(H,61,65)(H,64,79)(H,66,74)(H,67,75)(H,68,83)(H,69,85)(H,70,84)(H,71,81)(H,72,82)(H,73,80)(H,76,77)(H4,59,60,62)/t39-,40-,41-,42+,43-,44-,45-,46-/m0/s1. The zero-order valence-electron chi connectivity index (χ0n) is 48.0. The third-order valence-corrected chi connectivity index (χ3v) is 16.3. The number of aliphatic imine (C=N–C) groups is 1. The number of carbonyl (C=O) groups excluding carboxylic acids is 10. The molecule has 0 spiro atoms. The molecule has 28 nitrogen and oxygen atoms in total. The van der Waals surface area contributed by atoms with Gasteiger partial charge in [-0.2, -0.15) is 0 Å². The van der Waals surface area contributed by atoms with Crippen molar-refractivity contribution in [1.82, 2.24) is 62.8 Å². The Labute approximate surface area is 508 Å². The summed E-state index contributed by atoms with van der Waals surface area (Å²) >= 11 is 0. The number of nitrogens with two attached hydrogens (primary N) is 3. The number of amides is 10. The molecule has 1 aliphatic rings. The molecule has 0 bridgehead atoms. The van der Waals surface area contributed by atoms with Gasteiger partial charge in [0.2, 0.25) is 59.1 Å². The van der Waals surface area contributed by atoms with Gasteiger partial charge in [0.25, 0.3) is 0 Å². The van der Waals surface area contributed by atoms with Crippen LogP contribution < -0.4 is 65.1 Å². The molecule has 1 fully saturated rings. The molecular formula is C57H74N16O12S2. The molecule has 1 aliphatic heterocycles. The lowest BCUT2D eigenvalue weighted by Gasteiger charge is -2.28. The van der Waals surface area contributed by atoms with Crippen LogP contribution >= 0.6 is 21.6 Å². The van der Waals surface area contributed by atoms with E-state index in [1.807, 2.05) is 49.4 Å². The van der Waals surface area contributed by atoms with Crippen LogP contribution in [0.4, 0.5) is 0 Å². The molecule has 87 heavy (non-hydrogen) atoms. The molecule has 0 unspecified atom stereocenters. The van der Waals surface area contributed by atoms with E-state index in [0.29, 0.717) is 29.7 Å². The van der Waals surface area contributed by atoms with Gasteiger partial charge in [0.1, 0.15) is 48.3 Å². The maximum absolute atomic E-state index is 15.0. The van der Waals surface area contributed by atoms with E-state index in [9.17, 15) is 53.1 Å². The van der Waals surface area contributed by atoms with Crippen LogP contribution in [-0.4, -0.2) is 164 Å². The number of para-hydroxylation sites is 1. The number of hydrogen-bond donors (Lipinski definition) is 15. The van der Waals surface area contributed by atoms with Gasteiger partial charge in [0.05, 0.1) is 12.9 Å². The van der Waals surface area contributed by atoms with Crippen molar-refractivity contribution in [1.29, 1.82) is 0 Å². The molecule has 0 saturated carbocycles. The number of carbonyl (C=O) groups is 11. The Bertz CT molecular complexity index is 3280. The number of imidazole rings is 1. The van der Waals surface area contributed by atoms with E-state index >= 15 is 4.79 Å². The average Bonchev–Trinajstić information content (AvgIpc) is 3.09. The van der Waals surface area contributed by atoms with Crippen LogP contribution in [0, 0.1) is 0 Å². The van der Waals surface area contributed by atoms with E-state index in [-0.39, 0.29) is 62.5 Å². The molecule has 8 atom stereocenters. The Kier molecular flexibility index (Phi) is 25.8. The van der Waals surface area contributed by atoms with E-state index in [1.54, 1.807) is 30.5 Å². The Hall–Kier alpha value is -9.19. The fourth-order valence-electron chi connectivity index (χ4n) is 9.38. The number of primary amides is 1. The number of nitrogens with one attached hydrogen (secondary N) is 11. The number of rotatable bonds is 20. The van der Waals surface area contributed by atoms with Gasteiger partial charge in [-0.15, -0.1) is 0 Å². The first-order valence-electron chi connectivity index (χ1n) is 28.1. The fraction of sp³-hybridized carbons (Fsp3) is 0.421. The second-order valence-electron chi connectivity index (χ2n) is 20.7. The first kappa shape index (κ1) is 66.9. The predicted octanol–water partition coefficient (Wildman–Crippen LogP) is -0.925. The van der Waals surface area contributed by atoms with Crippen LogP contribution in [0.15, 0.2) is 90.4 Å². The molecule has 30 heteroatoms. The summed E-state index contributed by atoms with van der Waals surface area (Å²) < 4.78 is 0. The number of guanidine groups is 1. The van der Waals surface area contributed by atoms with Crippen molar-refractivity contribution in [3.63, 3.8) is 0 Å². The molecule has 0 radical (unpaired) electrons. The minimum absolute atomic E-state index is 0.00734. The number of aromatic nitrogens is 3. The average molecular weight is 1240 g/mol. The summed E-state index contributed by atoms with van der Waals surface area (Å²) in [6, 6.07) is 8.39. The molecule has 2 aromatic heterocycles. The van der Waals surface area contributed by atoms with E-state index in [4.69, 9.17) is 17.2 Å². The number of carboxylic acid groups (broad SMARTS) is 1. The summed E-state index contributed by atoms with van der Waals surface area (Å²) in [5.41, 5.74) is 19.2. The van der Waals surface area contributed by atoms with Gasteiger partial charge < -0.3 is 80.1 Å². The zero-order valence-corrected chi connectivity index (χ0v) is 49.6. The molecule has 466 valence electrons. The van der Waals surface area contributed by atoms with Crippen LogP contribution in [-0.2, 0) is 72.0 Å². The van der Waals surface area contributed by atoms with Crippen molar-refractivity contribution in [3.8, 4) is 0 Å². The van der Waals surface area contributed by atoms with Crippen LogP contribution in [0.25, 0.3) is 21.7 Å². The van der Waals surface area contributed by atoms with Crippen molar-refractivity contribution < 1.29 is 57.8 Å². The number of unbranched alkanes of at least 4 members (excludes halogenated alkanes) is 1. The molecule has 5 aromatic rings. The van der Waals surface area contributed by atoms with Gasteiger partial charge in [-0.25, -0.2) is 4.98 Å². The fourth-order valence-corrected chi connectivity index (χ4v) is 11.7. The number of aliphatic carboxylic acids is 1. The number of nitrogens with zero attached hydrogens (tertiary/aromatic N) is 2. The molecule has 6 rings (SSSR count). The predicted molar refractivity (Wildman–Crippen MR) is 326 cm³/mol. The molecule has 0 aliphatic carbocycles. The highest BCUT2D eigenvalue weighted by molar-refractivity contribution is 8.76. The summed E-state index contributed by atoms with van der Waals surface area (Å²) in [5.74, 6) is -10.8. The SMILES string of the molecule is CCCC[C@H](NC(C)=O)C(=O)N[C@H]1CSSC[C@@H](C(N)=O)NC(=O)CNC(=O)[C@H](Cc2c[nH]c3ccccc23)NC(=O)[C@H](CCCN=C(N)N)NC(=O)[C@@H](Cc2ccc3ccccc3c2)NC(=O)[C@H](Cc2cnc[nH]2)NC(=O)[C@H](CCC(=O)O)NC1=O. The number of hydrogen-bond acceptors (Lipinski definition) is 15. The Morgan fingerprint density at radius 3 is 2.01 bits per heavy atom. The molecule has 1 saturated heterocycles. The summed E-state index contributed by atoms with van der Waals surface area (Å²) in [7, 11) is 1.90. The van der Waals surface area contributed by atoms with Crippen molar-refractivity contribution >= 4 is 114 Å². The summed E-state index contributed by atoms with van der Waals surface area (Å²) in [6.45, 7) is 2.38. The number of aromatic amines is 2. The molecular weight excluding hydrogens is 1160 g/mol. The highest BCUT2D eigenvalue weighted by Crippen LogP contribution is 2.24. The number of fused-ring (bicyclic) bond motifs is 2. The second-order valence-corrected chi connectivity index (χ2v) is 23.2. The summed E-state index contributed by atoms with van der Waals surface area (Å²) in [6.07, 6.45) is 3.88. The van der Waals surface area contributed by atoms with E-state index in [2.05, 4.69) is 67.8 Å². The first-order valence-corrected chi connectivity index (χ1v) is 30.6. The number of carboxylic acids is 1. The molecule has 3 aromatic carbocycles. The van der Waals surface area contributed by atoms with E-state index in [0.717, 1.165) is 43.3 Å². The van der Waals surface area contributed by atoms with Crippen LogP contribution in [0.3, 0.4) is 0 Å². The van der Waals surface area contributed by atoms with Crippen molar-refractivity contribution in [2.45, 2.75) is 126 Å². The van der Waals surface area contributed by atoms with Gasteiger partial charge in [-0.1, -0.05) is 102 Å². The Morgan fingerprint density at radius 1 is 0.713 bits per heavy atom. The maximum Gasteiger partial charge on any atom is 0.303 e. The quantitative estimate of drug-likeness (QED) is 0.0194. The topological polar surface area (TPSA) is 451 Å². The second kappa shape index (κ2) is 33.5. The number of benzene rings is 3. The van der Waals surface area contributed by atoms with Crippen molar-refractivity contribution in [3.05, 3.63) is 102 Å². The van der Waals surface area contributed by atoms with Crippen molar-refractivity contribution in [2.24, 2.45) is 22.2 Å². The van der Waals surface area contributed by atoms with E-state index in [1.165, 1.54) is 19.4 Å². The van der Waals surface area contributed by atoms with Crippen LogP contribution in [0.2, 0.25) is 0 Å². The lowest BCUT2D eigenvalue weighted by atomic mass is 9.99. The van der Waals surface area contributed by atoms with Gasteiger partial charge in [0, 0.05) is 79.6 Å². The smallest absolute Gasteiger partial charge is 0.303 e. The lowest BCUT2D eigenvalue weighted by Crippen LogP contribution is -2.61. The highest BCUT2D eigenvalue weighted by Gasteiger charge is 2.36. The molecule has 3 heterocycles. The van der Waals surface area contributed by atoms with Gasteiger partial charge in [0.15, 0.2) is 5.96 Å². The van der Waals surface area contributed by atoms with Gasteiger partial charge in [-0.3, -0.25) is 57.7 Å². The van der Waals surface area contributed by atoms with Gasteiger partial charge in [-0.05, 0) is 53.6 Å². The summed E-state index contributed by atoms with van der Waals surface area (Å²) in [5, 5.41) is 35.8. The highest BCUT2D eigenvalue weighted by atomic mass is 33.1. The van der Waals surface area contributed by atoms with E-state index < -0.39 is 133 Å². The molecule has 18 N–H and O–H groups in total. The summed E-state index contributed by atoms with van der Waals surface area (Å²) in [4.78, 5) is 167. The van der Waals surface area contributed by atoms with Gasteiger partial charge >= 0.3 is 5.97 Å².